The molecule has 1 aromatic heterocycles. The van der Waals surface area contributed by atoms with Crippen LogP contribution in [0.3, 0.4) is 0 Å². The Labute approximate surface area is 385 Å². The lowest BCUT2D eigenvalue weighted by Crippen LogP contribution is -2.32. The lowest BCUT2D eigenvalue weighted by atomic mass is 9.63. The SMILES string of the molecule is C=C/C(C)=C(\c1ccc(-n2c3c(c4ccccc42)CCC=C3)cc1)C1CC=CC=C1/C(=C(\C)C(C)CC)c1ccc(C(/C(C)=C/C=CCC)(/C(=C/C=C\C)CC)c2ccccc2)cc1. The first-order chi connectivity index (χ1) is 31.2. The molecule has 3 unspecified atom stereocenters. The minimum Gasteiger partial charge on any atom is -0.310 e. The third-order valence-electron chi connectivity index (χ3n) is 14.0. The number of fused-ring (bicyclic) bond motifs is 3. The topological polar surface area (TPSA) is 4.93 Å². The molecule has 1 nitrogen and oxygen atoms in total. The highest BCUT2D eigenvalue weighted by atomic mass is 15.0. The van der Waals surface area contributed by atoms with Crippen LogP contribution in [0.5, 0.6) is 0 Å². The number of rotatable bonds is 16. The molecule has 0 radical (unpaired) electrons. The van der Waals surface area contributed by atoms with Crippen LogP contribution in [0.2, 0.25) is 0 Å². The van der Waals surface area contributed by atoms with Crippen LogP contribution in [0.1, 0.15) is 121 Å². The summed E-state index contributed by atoms with van der Waals surface area (Å²) in [5.74, 6) is 0.570. The van der Waals surface area contributed by atoms with Crippen LogP contribution in [0.15, 0.2) is 204 Å². The van der Waals surface area contributed by atoms with E-state index in [9.17, 15) is 0 Å². The third kappa shape index (κ3) is 8.83. The maximum absolute atomic E-state index is 4.35. The summed E-state index contributed by atoms with van der Waals surface area (Å²) in [7, 11) is 0. The molecule has 0 bridgehead atoms. The van der Waals surface area contributed by atoms with Crippen molar-refractivity contribution in [2.24, 2.45) is 11.8 Å². The fraction of sp³-hybridized carbons (Fsp3) is 0.270. The first-order valence-electron chi connectivity index (χ1n) is 23.9. The number of hydrogen-bond donors (Lipinski definition) is 0. The minimum atomic E-state index is -0.442. The molecular formula is C63H69N. The number of benzene rings is 4. The standard InChI is InChI=1S/C63H69N/c1-10-15-18-27-47(8)63(51(14-5)28-16-11-2,52-29-19-17-20-30-52)53-41-37-50(38-42-53)62(48(9)45(6)12-3)58-34-22-21-33-57(58)61(46(7)13-4)49-39-43-54(44-40-49)64-59-35-25-23-31-55(59)56-32-24-26-36-60(56)64/h11,13,15-23,25-31,34-45,57H,4,10,12,14,24,32-33H2,1-3,5-9H3/b16-11-,18-15?,47-27+,51-28+,61-46+,62-48+. The zero-order chi connectivity index (χ0) is 45.2. The van der Waals surface area contributed by atoms with Gasteiger partial charge in [0.25, 0.3) is 0 Å². The van der Waals surface area contributed by atoms with E-state index in [0.717, 1.165) is 38.5 Å². The van der Waals surface area contributed by atoms with Crippen molar-refractivity contribution in [2.45, 2.75) is 99.3 Å². The quantitative estimate of drug-likeness (QED) is 0.0873. The molecule has 1 heterocycles. The molecule has 0 saturated carbocycles. The van der Waals surface area contributed by atoms with Crippen LogP contribution in [0.25, 0.3) is 33.8 Å². The molecule has 0 spiro atoms. The minimum absolute atomic E-state index is 0.153. The summed E-state index contributed by atoms with van der Waals surface area (Å²) < 4.78 is 2.45. The molecule has 1 heteroatoms. The molecule has 4 aromatic carbocycles. The molecule has 2 aliphatic carbocycles. The van der Waals surface area contributed by atoms with Crippen LogP contribution < -0.4 is 0 Å². The van der Waals surface area contributed by atoms with Gasteiger partial charge in [-0.3, -0.25) is 0 Å². The van der Waals surface area contributed by atoms with Gasteiger partial charge in [0.2, 0.25) is 0 Å². The van der Waals surface area contributed by atoms with Crippen LogP contribution in [-0.4, -0.2) is 4.57 Å². The van der Waals surface area contributed by atoms with E-state index in [4.69, 9.17) is 0 Å². The largest absolute Gasteiger partial charge is 0.310 e. The zero-order valence-electron chi connectivity index (χ0n) is 39.8. The average Bonchev–Trinajstić information content (AvgIpc) is 3.68. The summed E-state index contributed by atoms with van der Waals surface area (Å²) in [5.41, 5.74) is 19.3. The highest BCUT2D eigenvalue weighted by Crippen LogP contribution is 2.49. The van der Waals surface area contributed by atoms with Gasteiger partial charge in [0.15, 0.2) is 0 Å². The molecule has 3 atom stereocenters. The Morgan fingerprint density at radius 1 is 0.812 bits per heavy atom. The van der Waals surface area contributed by atoms with Crippen molar-refractivity contribution in [1.29, 1.82) is 0 Å². The molecule has 326 valence electrons. The monoisotopic (exact) mass is 840 g/mol. The number of aryl methyl sites for hydroxylation is 1. The Kier molecular flexibility index (Phi) is 15.0. The number of hydrogen-bond acceptors (Lipinski definition) is 0. The van der Waals surface area contributed by atoms with Crippen LogP contribution in [0.4, 0.5) is 0 Å². The molecule has 7 rings (SSSR count). The first kappa shape index (κ1) is 45.8. The molecule has 5 aromatic rings. The maximum atomic E-state index is 4.35. The highest BCUT2D eigenvalue weighted by molar-refractivity contribution is 5.91. The Hall–Kier alpha value is -6.18. The van der Waals surface area contributed by atoms with Gasteiger partial charge in [0.1, 0.15) is 0 Å². The fourth-order valence-corrected chi connectivity index (χ4v) is 10.4. The van der Waals surface area contributed by atoms with E-state index in [1.165, 1.54) is 89.1 Å². The number of aromatic nitrogens is 1. The van der Waals surface area contributed by atoms with E-state index in [1.807, 2.05) is 0 Å². The summed E-state index contributed by atoms with van der Waals surface area (Å²) in [4.78, 5) is 0. The third-order valence-corrected chi connectivity index (χ3v) is 14.0. The summed E-state index contributed by atoms with van der Waals surface area (Å²) in [5, 5.41) is 1.36. The van der Waals surface area contributed by atoms with E-state index in [1.54, 1.807) is 0 Å². The van der Waals surface area contributed by atoms with E-state index >= 15 is 0 Å². The summed E-state index contributed by atoms with van der Waals surface area (Å²) in [6.07, 6.45) is 33.3. The van der Waals surface area contributed by atoms with E-state index in [2.05, 4.69) is 243 Å². The highest BCUT2D eigenvalue weighted by Gasteiger charge is 2.39. The van der Waals surface area contributed by atoms with Crippen molar-refractivity contribution in [3.8, 4) is 5.69 Å². The van der Waals surface area contributed by atoms with Crippen LogP contribution in [0, 0.1) is 11.8 Å². The Morgan fingerprint density at radius 2 is 1.52 bits per heavy atom. The van der Waals surface area contributed by atoms with Gasteiger partial charge in [0.05, 0.1) is 10.9 Å². The molecule has 0 N–H and O–H groups in total. The molecule has 2 aliphatic rings. The van der Waals surface area contributed by atoms with E-state index in [0.29, 0.717) is 5.92 Å². The molecular weight excluding hydrogens is 771 g/mol. The van der Waals surface area contributed by atoms with Gasteiger partial charge >= 0.3 is 0 Å². The van der Waals surface area contributed by atoms with Crippen LogP contribution in [-0.2, 0) is 11.8 Å². The summed E-state index contributed by atoms with van der Waals surface area (Å²) in [6.45, 7) is 22.6. The predicted octanol–water partition coefficient (Wildman–Crippen LogP) is 17.7. The average molecular weight is 840 g/mol. The van der Waals surface area contributed by atoms with Gasteiger partial charge in [-0.25, -0.2) is 0 Å². The second kappa shape index (κ2) is 21.0. The normalized spacial score (nSPS) is 17.9. The predicted molar refractivity (Wildman–Crippen MR) is 281 cm³/mol. The van der Waals surface area contributed by atoms with Gasteiger partial charge in [-0.1, -0.05) is 203 Å². The first-order valence-corrected chi connectivity index (χ1v) is 23.9. The zero-order valence-corrected chi connectivity index (χ0v) is 39.8. The maximum Gasteiger partial charge on any atom is 0.0624 e. The van der Waals surface area contributed by atoms with Crippen molar-refractivity contribution >= 4 is 28.1 Å². The number of para-hydroxylation sites is 1. The smallest absolute Gasteiger partial charge is 0.0624 e. The van der Waals surface area contributed by atoms with Gasteiger partial charge in [-0.15, -0.1) is 0 Å². The van der Waals surface area contributed by atoms with E-state index in [-0.39, 0.29) is 5.92 Å². The molecule has 0 aliphatic heterocycles. The number of nitrogens with zero attached hydrogens (tertiary/aromatic N) is 1. The van der Waals surface area contributed by atoms with Crippen molar-refractivity contribution in [2.75, 3.05) is 0 Å². The van der Waals surface area contributed by atoms with Gasteiger partial charge in [0, 0.05) is 22.7 Å². The molecule has 0 fully saturated rings. The molecule has 0 amide bonds. The van der Waals surface area contributed by atoms with E-state index < -0.39 is 5.41 Å². The Balaban J connectivity index is 1.36. The molecule has 64 heavy (non-hydrogen) atoms. The van der Waals surface area contributed by atoms with Gasteiger partial charge in [-0.05, 0) is 147 Å². The van der Waals surface area contributed by atoms with Crippen LogP contribution >= 0.6 is 0 Å². The van der Waals surface area contributed by atoms with Crippen molar-refractivity contribution in [3.63, 3.8) is 0 Å². The second-order valence-electron chi connectivity index (χ2n) is 17.7. The lowest BCUT2D eigenvalue weighted by molar-refractivity contribution is 0.655. The van der Waals surface area contributed by atoms with Gasteiger partial charge < -0.3 is 4.57 Å². The Morgan fingerprint density at radius 3 is 2.20 bits per heavy atom. The van der Waals surface area contributed by atoms with Crippen molar-refractivity contribution in [3.05, 3.63) is 238 Å². The fourth-order valence-electron chi connectivity index (χ4n) is 10.4. The summed E-state index contributed by atoms with van der Waals surface area (Å²) >= 11 is 0. The molecule has 0 saturated heterocycles. The lowest BCUT2D eigenvalue weighted by Gasteiger charge is -2.39. The van der Waals surface area contributed by atoms with Crippen molar-refractivity contribution in [1.82, 2.24) is 4.57 Å². The van der Waals surface area contributed by atoms with Gasteiger partial charge in [-0.2, -0.15) is 0 Å². The Bertz CT molecular complexity index is 2720. The van der Waals surface area contributed by atoms with Crippen molar-refractivity contribution < 1.29 is 0 Å². The summed E-state index contributed by atoms with van der Waals surface area (Å²) in [6, 6.07) is 39.0. The number of allylic oxidation sites excluding steroid dienone is 18. The second-order valence-corrected chi connectivity index (χ2v) is 17.7.